The van der Waals surface area contributed by atoms with Crippen molar-refractivity contribution in [2.24, 2.45) is 0 Å². The van der Waals surface area contributed by atoms with Gasteiger partial charge in [-0.3, -0.25) is 0 Å². The Bertz CT molecular complexity index is 154. The van der Waals surface area contributed by atoms with Crippen LogP contribution in [0.3, 0.4) is 0 Å². The fraction of sp³-hybridized carbons (Fsp3) is 1.00. The van der Waals surface area contributed by atoms with Crippen LogP contribution in [0.5, 0.6) is 0 Å². The molecule has 0 amide bonds. The SMILES string of the molecule is CCCCC[C@@H](O[C@@H](C)OC)[Ge]([CH3])([CH3])[CH3]. The van der Waals surface area contributed by atoms with Crippen molar-refractivity contribution in [1.29, 1.82) is 0 Å². The van der Waals surface area contributed by atoms with Crippen LogP contribution in [0, 0.1) is 0 Å². The molecule has 0 rings (SSSR count). The summed E-state index contributed by atoms with van der Waals surface area (Å²) >= 11 is -1.71. The molecule has 0 N–H and O–H groups in total. The minimum absolute atomic E-state index is 0.0542. The van der Waals surface area contributed by atoms with E-state index in [4.69, 9.17) is 9.47 Å². The molecule has 0 aliphatic rings. The van der Waals surface area contributed by atoms with Gasteiger partial charge in [0.25, 0.3) is 0 Å². The van der Waals surface area contributed by atoms with Crippen LogP contribution in [0.15, 0.2) is 0 Å². The summed E-state index contributed by atoms with van der Waals surface area (Å²) in [6.45, 7) is 4.23. The number of rotatable bonds is 8. The van der Waals surface area contributed by atoms with Crippen molar-refractivity contribution in [3.05, 3.63) is 0 Å². The molecule has 0 aromatic heterocycles. The number of methoxy groups -OCH3 is 1. The molecule has 0 radical (unpaired) electrons. The zero-order valence-electron chi connectivity index (χ0n) is 11.3. The summed E-state index contributed by atoms with van der Waals surface area (Å²) in [5, 5.41) is 0. The van der Waals surface area contributed by atoms with Gasteiger partial charge in [-0.25, -0.2) is 0 Å². The quantitative estimate of drug-likeness (QED) is 0.381. The normalized spacial score (nSPS) is 16.4. The molecule has 0 unspecified atom stereocenters. The topological polar surface area (TPSA) is 18.5 Å². The predicted octanol–water partition coefficient (Wildman–Crippen LogP) is 3.82. The number of hydrogen-bond acceptors (Lipinski definition) is 2. The Morgan fingerprint density at radius 3 is 2.13 bits per heavy atom. The van der Waals surface area contributed by atoms with Crippen molar-refractivity contribution in [3.8, 4) is 0 Å². The Labute approximate surface area is 98.1 Å². The predicted molar refractivity (Wildman–Crippen MR) is 68.8 cm³/mol. The van der Waals surface area contributed by atoms with Gasteiger partial charge in [-0.15, -0.1) is 0 Å². The molecule has 0 spiro atoms. The summed E-state index contributed by atoms with van der Waals surface area (Å²) in [7, 11) is 1.71. The van der Waals surface area contributed by atoms with Gasteiger partial charge >= 0.3 is 97.9 Å². The van der Waals surface area contributed by atoms with Gasteiger partial charge in [0.2, 0.25) is 0 Å². The van der Waals surface area contributed by atoms with Gasteiger partial charge in [0.05, 0.1) is 0 Å². The molecule has 2 atom stereocenters. The molecule has 0 fully saturated rings. The van der Waals surface area contributed by atoms with Crippen molar-refractivity contribution in [2.75, 3.05) is 7.11 Å². The molecule has 0 aromatic rings. The van der Waals surface area contributed by atoms with E-state index in [1.165, 1.54) is 25.7 Å². The number of hydrogen-bond donors (Lipinski definition) is 0. The minimum atomic E-state index is -1.71. The molecule has 92 valence electrons. The Hall–Kier alpha value is 0.463. The summed E-state index contributed by atoms with van der Waals surface area (Å²) < 4.78 is 11.2. The van der Waals surface area contributed by atoms with E-state index in [0.29, 0.717) is 4.94 Å². The van der Waals surface area contributed by atoms with E-state index in [2.05, 4.69) is 24.2 Å². The molecular weight excluding hydrogens is 249 g/mol. The van der Waals surface area contributed by atoms with E-state index in [1.807, 2.05) is 6.92 Å². The van der Waals surface area contributed by atoms with Gasteiger partial charge in [-0.05, 0) is 0 Å². The van der Waals surface area contributed by atoms with Crippen molar-refractivity contribution >= 4 is 13.3 Å². The molecule has 0 saturated carbocycles. The summed E-state index contributed by atoms with van der Waals surface area (Å²) in [6, 6.07) is 0. The Kier molecular flexibility index (Phi) is 7.93. The first-order chi connectivity index (χ1) is 6.91. The molecule has 0 aliphatic heterocycles. The van der Waals surface area contributed by atoms with E-state index in [9.17, 15) is 0 Å². The third-order valence-electron chi connectivity index (χ3n) is 2.72. The summed E-state index contributed by atoms with van der Waals surface area (Å²) in [5.41, 5.74) is 0. The number of ether oxygens (including phenoxy) is 2. The molecule has 0 aromatic carbocycles. The van der Waals surface area contributed by atoms with Gasteiger partial charge in [0, 0.05) is 0 Å². The molecular formula is C12H28GeO2. The third-order valence-corrected chi connectivity index (χ3v) is 7.67. The van der Waals surface area contributed by atoms with Crippen molar-refractivity contribution in [1.82, 2.24) is 0 Å². The van der Waals surface area contributed by atoms with Gasteiger partial charge in [0.15, 0.2) is 0 Å². The zero-order chi connectivity index (χ0) is 11.9. The molecule has 0 aliphatic carbocycles. The van der Waals surface area contributed by atoms with Crippen LogP contribution in [0.2, 0.25) is 17.3 Å². The van der Waals surface area contributed by atoms with Crippen LogP contribution in [0.1, 0.15) is 39.5 Å². The Morgan fingerprint density at radius 1 is 1.13 bits per heavy atom. The monoisotopic (exact) mass is 278 g/mol. The second kappa shape index (κ2) is 7.69. The maximum absolute atomic E-state index is 5.97. The second-order valence-corrected chi connectivity index (χ2v) is 16.6. The van der Waals surface area contributed by atoms with E-state index >= 15 is 0 Å². The number of unbranched alkanes of at least 4 members (excludes halogenated alkanes) is 2. The first-order valence-corrected chi connectivity index (χ1v) is 13.6. The van der Waals surface area contributed by atoms with E-state index in [1.54, 1.807) is 7.11 Å². The summed E-state index contributed by atoms with van der Waals surface area (Å²) in [4.78, 5) is 0.478. The van der Waals surface area contributed by atoms with Crippen molar-refractivity contribution < 1.29 is 9.47 Å². The average Bonchev–Trinajstić information content (AvgIpc) is 2.14. The van der Waals surface area contributed by atoms with Crippen LogP contribution >= 0.6 is 0 Å². The zero-order valence-corrected chi connectivity index (χ0v) is 13.4. The average molecular weight is 277 g/mol. The standard InChI is InChI=1S/C12H28GeO2/c1-7-8-9-10-12(13(3,4)5)15-11(2)14-6/h11-12H,7-10H2,1-6H3/t11-,12+/m0/s1. The van der Waals surface area contributed by atoms with E-state index in [-0.39, 0.29) is 6.29 Å². The second-order valence-electron chi connectivity index (χ2n) is 5.29. The van der Waals surface area contributed by atoms with Crippen LogP contribution in [-0.2, 0) is 9.47 Å². The Morgan fingerprint density at radius 2 is 1.73 bits per heavy atom. The van der Waals surface area contributed by atoms with Gasteiger partial charge in [0.1, 0.15) is 0 Å². The molecule has 0 saturated heterocycles. The maximum atomic E-state index is 5.97. The van der Waals surface area contributed by atoms with Gasteiger partial charge in [-0.2, -0.15) is 0 Å². The van der Waals surface area contributed by atoms with Crippen LogP contribution in [0.4, 0.5) is 0 Å². The molecule has 15 heavy (non-hydrogen) atoms. The van der Waals surface area contributed by atoms with Crippen molar-refractivity contribution in [2.45, 2.75) is 68.0 Å². The van der Waals surface area contributed by atoms with E-state index < -0.39 is 13.3 Å². The summed E-state index contributed by atoms with van der Waals surface area (Å²) in [5.74, 6) is 7.25. The van der Waals surface area contributed by atoms with E-state index in [0.717, 1.165) is 0 Å². The molecule has 0 bridgehead atoms. The van der Waals surface area contributed by atoms with Crippen molar-refractivity contribution in [3.63, 3.8) is 0 Å². The molecule has 3 heteroatoms. The molecule has 2 nitrogen and oxygen atoms in total. The van der Waals surface area contributed by atoms with Crippen LogP contribution < -0.4 is 0 Å². The fourth-order valence-corrected chi connectivity index (χ4v) is 5.08. The van der Waals surface area contributed by atoms with Gasteiger partial charge in [-0.1, -0.05) is 0 Å². The van der Waals surface area contributed by atoms with Crippen LogP contribution in [0.25, 0.3) is 0 Å². The first-order valence-electron chi connectivity index (χ1n) is 6.10. The van der Waals surface area contributed by atoms with Crippen LogP contribution in [-0.4, -0.2) is 31.6 Å². The van der Waals surface area contributed by atoms with Gasteiger partial charge < -0.3 is 0 Å². The fourth-order valence-electron chi connectivity index (χ4n) is 1.57. The first kappa shape index (κ1) is 15.5. The molecule has 0 heterocycles. The third kappa shape index (κ3) is 7.37. The Balaban J connectivity index is 4.08. The summed E-state index contributed by atoms with van der Waals surface area (Å²) in [6.07, 6.45) is 5.05.